The van der Waals surface area contributed by atoms with Gasteiger partial charge in [0.05, 0.1) is 6.61 Å². The van der Waals surface area contributed by atoms with E-state index in [0.29, 0.717) is 18.9 Å². The van der Waals surface area contributed by atoms with Crippen molar-refractivity contribution in [1.82, 2.24) is 0 Å². The summed E-state index contributed by atoms with van der Waals surface area (Å²) >= 11 is 0. The first-order valence-corrected chi connectivity index (χ1v) is 9.20. The predicted octanol–water partition coefficient (Wildman–Crippen LogP) is 4.88. The van der Waals surface area contributed by atoms with Crippen molar-refractivity contribution in [2.75, 3.05) is 6.61 Å². The Hall–Kier alpha value is -2.68. The largest absolute Gasteiger partial charge is 0.463 e. The molecule has 2 aromatic carbocycles. The molecule has 1 aliphatic rings. The van der Waals surface area contributed by atoms with Crippen LogP contribution in [0.2, 0.25) is 0 Å². The Morgan fingerprint density at radius 2 is 1.85 bits per heavy atom. The van der Waals surface area contributed by atoms with Gasteiger partial charge in [0.1, 0.15) is 5.78 Å². The molecule has 1 saturated carbocycles. The Bertz CT molecular complexity index is 792. The highest BCUT2D eigenvalue weighted by atomic mass is 16.5. The van der Waals surface area contributed by atoms with Gasteiger partial charge in [-0.2, -0.15) is 0 Å². The molecular formula is C23H24O3. The van der Waals surface area contributed by atoms with Gasteiger partial charge in [0, 0.05) is 18.4 Å². The van der Waals surface area contributed by atoms with Crippen molar-refractivity contribution in [2.24, 2.45) is 0 Å². The van der Waals surface area contributed by atoms with E-state index in [-0.39, 0.29) is 17.7 Å². The lowest BCUT2D eigenvalue weighted by molar-refractivity contribution is -0.137. The van der Waals surface area contributed by atoms with Crippen molar-refractivity contribution in [3.63, 3.8) is 0 Å². The van der Waals surface area contributed by atoms with Crippen molar-refractivity contribution in [1.29, 1.82) is 0 Å². The van der Waals surface area contributed by atoms with Crippen molar-refractivity contribution in [2.45, 2.75) is 38.0 Å². The minimum Gasteiger partial charge on any atom is -0.463 e. The Morgan fingerprint density at radius 3 is 2.62 bits per heavy atom. The van der Waals surface area contributed by atoms with Crippen LogP contribution in [0.15, 0.2) is 60.7 Å². The molecule has 1 fully saturated rings. The number of carbonyl (C=O) groups is 2. The molecule has 0 spiro atoms. The van der Waals surface area contributed by atoms with Gasteiger partial charge in [-0.3, -0.25) is 4.79 Å². The monoisotopic (exact) mass is 348 g/mol. The lowest BCUT2D eigenvalue weighted by atomic mass is 9.73. The fourth-order valence-corrected chi connectivity index (χ4v) is 3.68. The first-order valence-electron chi connectivity index (χ1n) is 9.20. The van der Waals surface area contributed by atoms with E-state index in [1.54, 1.807) is 13.0 Å². The molecule has 0 heterocycles. The van der Waals surface area contributed by atoms with Crippen molar-refractivity contribution in [3.05, 3.63) is 77.4 Å². The Labute approximate surface area is 154 Å². The van der Waals surface area contributed by atoms with E-state index in [0.717, 1.165) is 24.0 Å². The number of benzene rings is 2. The number of rotatable bonds is 5. The second kappa shape index (κ2) is 8.61. The number of esters is 1. The van der Waals surface area contributed by atoms with Crippen LogP contribution in [0.3, 0.4) is 0 Å². The van der Waals surface area contributed by atoms with Crippen molar-refractivity contribution in [3.8, 4) is 0 Å². The van der Waals surface area contributed by atoms with Gasteiger partial charge in [0.15, 0.2) is 0 Å². The predicted molar refractivity (Wildman–Crippen MR) is 103 cm³/mol. The second-order valence-electron chi connectivity index (χ2n) is 6.62. The molecule has 3 nitrogen and oxygen atoms in total. The highest BCUT2D eigenvalue weighted by molar-refractivity contribution is 5.90. The quantitative estimate of drug-likeness (QED) is 0.571. The number of ketones is 1. The lowest BCUT2D eigenvalue weighted by Gasteiger charge is -2.29. The summed E-state index contributed by atoms with van der Waals surface area (Å²) in [5, 5.41) is 0. The van der Waals surface area contributed by atoms with Gasteiger partial charge in [-0.1, -0.05) is 54.6 Å². The standard InChI is InChI=1S/C23H24O3/c1-2-26-23(25)15-13-18-10-6-7-11-20(18)21-16-19(12-14-22(21)24)17-8-4-3-5-9-17/h3-11,13,15,19,21H,2,12,14,16H2,1H3/b15-13+/t19-,21-/m1/s1. The number of Topliss-reactive ketones (excluding diaryl/α,β-unsaturated/α-hetero) is 1. The minimum atomic E-state index is -0.362. The highest BCUT2D eigenvalue weighted by Gasteiger charge is 2.31. The van der Waals surface area contributed by atoms with Gasteiger partial charge in [-0.05, 0) is 48.4 Å². The first-order chi connectivity index (χ1) is 12.7. The van der Waals surface area contributed by atoms with E-state index in [2.05, 4.69) is 24.3 Å². The summed E-state index contributed by atoms with van der Waals surface area (Å²) < 4.78 is 4.95. The molecule has 134 valence electrons. The summed E-state index contributed by atoms with van der Waals surface area (Å²) in [6, 6.07) is 18.2. The molecule has 3 heteroatoms. The molecule has 2 aromatic rings. The van der Waals surface area contributed by atoms with Crippen LogP contribution in [0.1, 0.15) is 54.7 Å². The molecule has 0 aromatic heterocycles. The summed E-state index contributed by atoms with van der Waals surface area (Å²) in [6.45, 7) is 2.13. The summed E-state index contributed by atoms with van der Waals surface area (Å²) in [6.07, 6.45) is 5.50. The summed E-state index contributed by atoms with van der Waals surface area (Å²) in [4.78, 5) is 24.3. The fourth-order valence-electron chi connectivity index (χ4n) is 3.68. The molecule has 0 bridgehead atoms. The topological polar surface area (TPSA) is 43.4 Å². The average Bonchev–Trinajstić information content (AvgIpc) is 2.68. The van der Waals surface area contributed by atoms with Crippen LogP contribution in [0.4, 0.5) is 0 Å². The van der Waals surface area contributed by atoms with E-state index in [9.17, 15) is 9.59 Å². The van der Waals surface area contributed by atoms with Gasteiger partial charge in [0.2, 0.25) is 0 Å². The van der Waals surface area contributed by atoms with Crippen LogP contribution in [0.25, 0.3) is 6.08 Å². The van der Waals surface area contributed by atoms with Crippen molar-refractivity contribution >= 4 is 17.8 Å². The van der Waals surface area contributed by atoms with Gasteiger partial charge < -0.3 is 4.74 Å². The molecule has 0 radical (unpaired) electrons. The molecule has 26 heavy (non-hydrogen) atoms. The molecule has 0 unspecified atom stereocenters. The van der Waals surface area contributed by atoms with E-state index in [1.165, 1.54) is 11.6 Å². The fraction of sp³-hybridized carbons (Fsp3) is 0.304. The Morgan fingerprint density at radius 1 is 1.12 bits per heavy atom. The van der Waals surface area contributed by atoms with Gasteiger partial charge in [-0.15, -0.1) is 0 Å². The van der Waals surface area contributed by atoms with Crippen LogP contribution < -0.4 is 0 Å². The summed E-state index contributed by atoms with van der Waals surface area (Å²) in [5.41, 5.74) is 3.20. The number of carbonyl (C=O) groups excluding carboxylic acids is 2. The Balaban J connectivity index is 1.85. The maximum absolute atomic E-state index is 12.6. The highest BCUT2D eigenvalue weighted by Crippen LogP contribution is 2.40. The molecule has 2 atom stereocenters. The van der Waals surface area contributed by atoms with Crippen LogP contribution in [-0.2, 0) is 14.3 Å². The minimum absolute atomic E-state index is 0.128. The zero-order chi connectivity index (χ0) is 18.4. The number of hydrogen-bond donors (Lipinski definition) is 0. The number of hydrogen-bond acceptors (Lipinski definition) is 3. The molecule has 0 saturated heterocycles. The molecule has 3 rings (SSSR count). The van der Waals surface area contributed by atoms with Gasteiger partial charge in [-0.25, -0.2) is 4.79 Å². The smallest absolute Gasteiger partial charge is 0.330 e. The zero-order valence-electron chi connectivity index (χ0n) is 15.1. The Kier molecular flexibility index (Phi) is 6.00. The van der Waals surface area contributed by atoms with Crippen LogP contribution >= 0.6 is 0 Å². The molecular weight excluding hydrogens is 324 g/mol. The average molecular weight is 348 g/mol. The van der Waals surface area contributed by atoms with E-state index in [1.807, 2.05) is 30.3 Å². The summed E-state index contributed by atoms with van der Waals surface area (Å²) in [7, 11) is 0. The SMILES string of the molecule is CCOC(=O)/C=C/c1ccccc1[C@H]1C[C@H](c2ccccc2)CCC1=O. The maximum Gasteiger partial charge on any atom is 0.330 e. The third kappa shape index (κ3) is 4.29. The van der Waals surface area contributed by atoms with Crippen LogP contribution in [0.5, 0.6) is 0 Å². The van der Waals surface area contributed by atoms with Gasteiger partial charge >= 0.3 is 5.97 Å². The molecule has 0 amide bonds. The lowest BCUT2D eigenvalue weighted by Crippen LogP contribution is -2.23. The third-order valence-corrected chi connectivity index (χ3v) is 4.98. The maximum atomic E-state index is 12.6. The second-order valence-corrected chi connectivity index (χ2v) is 6.62. The van der Waals surface area contributed by atoms with E-state index >= 15 is 0 Å². The molecule has 1 aliphatic carbocycles. The van der Waals surface area contributed by atoms with E-state index in [4.69, 9.17) is 4.74 Å². The molecule has 0 aliphatic heterocycles. The third-order valence-electron chi connectivity index (χ3n) is 4.98. The van der Waals surface area contributed by atoms with Crippen LogP contribution in [-0.4, -0.2) is 18.4 Å². The zero-order valence-corrected chi connectivity index (χ0v) is 15.1. The summed E-state index contributed by atoms with van der Waals surface area (Å²) in [5.74, 6) is 0.187. The molecule has 0 N–H and O–H groups in total. The number of ether oxygens (including phenoxy) is 1. The van der Waals surface area contributed by atoms with E-state index < -0.39 is 0 Å². The first kappa shape index (κ1) is 18.1. The van der Waals surface area contributed by atoms with Crippen molar-refractivity contribution < 1.29 is 14.3 Å². The van der Waals surface area contributed by atoms with Crippen LogP contribution in [0, 0.1) is 0 Å². The van der Waals surface area contributed by atoms with Gasteiger partial charge in [0.25, 0.3) is 0 Å². The normalized spacial score (nSPS) is 20.3.